The number of hydrogen-bond donors (Lipinski definition) is 2. The van der Waals surface area contributed by atoms with Crippen molar-refractivity contribution in [1.82, 2.24) is 5.32 Å². The number of ether oxygens (including phenoxy) is 1. The molecule has 0 spiro atoms. The molecule has 0 unspecified atom stereocenters. The minimum atomic E-state index is -4.32. The van der Waals surface area contributed by atoms with Gasteiger partial charge in [-0.25, -0.2) is 0 Å². The van der Waals surface area contributed by atoms with Crippen LogP contribution in [0.3, 0.4) is 0 Å². The van der Waals surface area contributed by atoms with Crippen molar-refractivity contribution in [2.24, 2.45) is 0 Å². The topological polar surface area (TPSA) is 50.4 Å². The van der Waals surface area contributed by atoms with Crippen LogP contribution < -0.4 is 10.6 Å². The zero-order valence-electron chi connectivity index (χ0n) is 10.5. The number of carbonyl (C=O) groups is 1. The number of hydrogen-bond acceptors (Lipinski definition) is 3. The minimum Gasteiger partial charge on any atom is -0.371 e. The molecule has 8 heteroatoms. The van der Waals surface area contributed by atoms with Gasteiger partial charge in [-0.2, -0.15) is 13.2 Å². The molecular weight excluding hydrogens is 341 g/mol. The zero-order valence-corrected chi connectivity index (χ0v) is 12.1. The lowest BCUT2D eigenvalue weighted by molar-refractivity contribution is -0.173. The zero-order chi connectivity index (χ0) is 15.0. The average molecular weight is 355 g/mol. The van der Waals surface area contributed by atoms with Crippen molar-refractivity contribution >= 4 is 27.5 Å². The van der Waals surface area contributed by atoms with Crippen LogP contribution in [0.5, 0.6) is 0 Å². The Hall–Kier alpha value is -1.12. The van der Waals surface area contributed by atoms with Gasteiger partial charge in [0.2, 0.25) is 5.91 Å². The van der Waals surface area contributed by atoms with E-state index in [2.05, 4.69) is 31.3 Å². The predicted octanol–water partition coefficient (Wildman–Crippen LogP) is 2.56. The number of alkyl halides is 3. The standard InChI is InChI=1S/C12H14BrF3N2O2/c13-9-1-3-10(4-2-9)18-11(19)7-17-5-6-20-8-12(14,15)16/h1-4,17H,5-8H2,(H,18,19). The summed E-state index contributed by atoms with van der Waals surface area (Å²) < 4.78 is 40.5. The van der Waals surface area contributed by atoms with Crippen LogP contribution in [0.1, 0.15) is 0 Å². The van der Waals surface area contributed by atoms with Crippen LogP contribution in [0.25, 0.3) is 0 Å². The SMILES string of the molecule is O=C(CNCCOCC(F)(F)F)Nc1ccc(Br)cc1. The summed E-state index contributed by atoms with van der Waals surface area (Å²) in [4.78, 5) is 11.5. The lowest BCUT2D eigenvalue weighted by atomic mass is 10.3. The van der Waals surface area contributed by atoms with Gasteiger partial charge >= 0.3 is 6.18 Å². The van der Waals surface area contributed by atoms with E-state index in [9.17, 15) is 18.0 Å². The van der Waals surface area contributed by atoms with Crippen LogP contribution in [0.15, 0.2) is 28.7 Å². The number of halogens is 4. The molecule has 2 N–H and O–H groups in total. The lowest BCUT2D eigenvalue weighted by Crippen LogP contribution is -2.31. The third kappa shape index (κ3) is 8.13. The molecule has 0 fully saturated rings. The third-order valence-electron chi connectivity index (χ3n) is 2.10. The second kappa shape index (κ2) is 8.23. The quantitative estimate of drug-likeness (QED) is 0.740. The highest BCUT2D eigenvalue weighted by Gasteiger charge is 2.27. The highest BCUT2D eigenvalue weighted by atomic mass is 79.9. The first-order valence-corrected chi connectivity index (χ1v) is 6.57. The van der Waals surface area contributed by atoms with E-state index in [0.29, 0.717) is 5.69 Å². The molecule has 1 aromatic carbocycles. The number of rotatable bonds is 7. The highest BCUT2D eigenvalue weighted by molar-refractivity contribution is 9.10. The summed E-state index contributed by atoms with van der Waals surface area (Å²) in [5.74, 6) is -0.275. The first kappa shape index (κ1) is 16.9. The van der Waals surface area contributed by atoms with Crippen molar-refractivity contribution < 1.29 is 22.7 Å². The molecular formula is C12H14BrF3N2O2. The second-order valence-corrected chi connectivity index (χ2v) is 4.82. The molecule has 4 nitrogen and oxygen atoms in total. The van der Waals surface area contributed by atoms with Gasteiger partial charge in [-0.1, -0.05) is 15.9 Å². The van der Waals surface area contributed by atoms with Gasteiger partial charge in [0.1, 0.15) is 6.61 Å². The smallest absolute Gasteiger partial charge is 0.371 e. The Labute approximate surface area is 122 Å². The van der Waals surface area contributed by atoms with Crippen molar-refractivity contribution in [3.8, 4) is 0 Å². The highest BCUT2D eigenvalue weighted by Crippen LogP contribution is 2.14. The van der Waals surface area contributed by atoms with Crippen LogP contribution in [-0.2, 0) is 9.53 Å². The molecule has 1 rings (SSSR count). The van der Waals surface area contributed by atoms with Crippen molar-refractivity contribution in [3.05, 3.63) is 28.7 Å². The molecule has 0 bridgehead atoms. The molecule has 0 saturated heterocycles. The Balaban J connectivity index is 2.10. The fourth-order valence-corrected chi connectivity index (χ4v) is 1.54. The van der Waals surface area contributed by atoms with Crippen molar-refractivity contribution in [2.45, 2.75) is 6.18 Å². The average Bonchev–Trinajstić information content (AvgIpc) is 2.35. The number of benzene rings is 1. The van der Waals surface area contributed by atoms with Crippen molar-refractivity contribution in [1.29, 1.82) is 0 Å². The lowest BCUT2D eigenvalue weighted by Gasteiger charge is -2.09. The normalized spacial score (nSPS) is 11.4. The molecule has 1 aromatic rings. The van der Waals surface area contributed by atoms with Crippen LogP contribution in [0.2, 0.25) is 0 Å². The van der Waals surface area contributed by atoms with E-state index < -0.39 is 12.8 Å². The maximum Gasteiger partial charge on any atom is 0.411 e. The summed E-state index contributed by atoms with van der Waals surface area (Å²) in [6.07, 6.45) is -4.32. The summed E-state index contributed by atoms with van der Waals surface area (Å²) in [5.41, 5.74) is 0.647. The summed E-state index contributed by atoms with van der Waals surface area (Å²) >= 11 is 3.27. The fraction of sp³-hybridized carbons (Fsp3) is 0.417. The van der Waals surface area contributed by atoms with E-state index in [1.165, 1.54) is 0 Å². The summed E-state index contributed by atoms with van der Waals surface area (Å²) in [6, 6.07) is 7.03. The fourth-order valence-electron chi connectivity index (χ4n) is 1.27. The van der Waals surface area contributed by atoms with Crippen molar-refractivity contribution in [3.63, 3.8) is 0 Å². The van der Waals surface area contributed by atoms with Gasteiger partial charge in [-0.15, -0.1) is 0 Å². The van der Waals surface area contributed by atoms with Gasteiger partial charge in [0, 0.05) is 16.7 Å². The van der Waals surface area contributed by atoms with Gasteiger partial charge in [0.15, 0.2) is 0 Å². The summed E-state index contributed by atoms with van der Waals surface area (Å²) in [6.45, 7) is -1.21. The van der Waals surface area contributed by atoms with E-state index in [0.717, 1.165) is 4.47 Å². The van der Waals surface area contributed by atoms with Gasteiger partial charge in [-0.3, -0.25) is 4.79 Å². The van der Waals surface area contributed by atoms with E-state index in [4.69, 9.17) is 0 Å². The number of amides is 1. The van der Waals surface area contributed by atoms with Crippen LogP contribution in [-0.4, -0.2) is 38.4 Å². The number of anilines is 1. The second-order valence-electron chi connectivity index (χ2n) is 3.90. The summed E-state index contributed by atoms with van der Waals surface area (Å²) in [7, 11) is 0. The number of carbonyl (C=O) groups excluding carboxylic acids is 1. The molecule has 20 heavy (non-hydrogen) atoms. The first-order chi connectivity index (χ1) is 9.37. The molecule has 0 saturated carbocycles. The Morgan fingerprint density at radius 1 is 1.25 bits per heavy atom. The molecule has 0 atom stereocenters. The molecule has 0 aliphatic heterocycles. The van der Waals surface area contributed by atoms with Gasteiger partial charge in [-0.05, 0) is 24.3 Å². The monoisotopic (exact) mass is 354 g/mol. The van der Waals surface area contributed by atoms with E-state index in [-0.39, 0.29) is 25.6 Å². The van der Waals surface area contributed by atoms with E-state index >= 15 is 0 Å². The Morgan fingerprint density at radius 3 is 2.50 bits per heavy atom. The Morgan fingerprint density at radius 2 is 1.90 bits per heavy atom. The maximum absolute atomic E-state index is 11.8. The van der Waals surface area contributed by atoms with Crippen LogP contribution >= 0.6 is 15.9 Å². The van der Waals surface area contributed by atoms with Gasteiger partial charge < -0.3 is 15.4 Å². The van der Waals surface area contributed by atoms with Crippen LogP contribution in [0, 0.1) is 0 Å². The first-order valence-electron chi connectivity index (χ1n) is 5.77. The van der Waals surface area contributed by atoms with E-state index in [1.54, 1.807) is 24.3 Å². The molecule has 0 aliphatic rings. The predicted molar refractivity (Wildman–Crippen MR) is 72.5 cm³/mol. The minimum absolute atomic E-state index is 0.00540. The molecule has 0 aliphatic carbocycles. The van der Waals surface area contributed by atoms with E-state index in [1.807, 2.05) is 0 Å². The van der Waals surface area contributed by atoms with Gasteiger partial charge in [0.25, 0.3) is 0 Å². The third-order valence-corrected chi connectivity index (χ3v) is 2.63. The summed E-state index contributed by atoms with van der Waals surface area (Å²) in [5, 5.41) is 5.33. The van der Waals surface area contributed by atoms with Crippen molar-refractivity contribution in [2.75, 3.05) is 31.6 Å². The molecule has 112 valence electrons. The molecule has 0 radical (unpaired) electrons. The molecule has 0 aromatic heterocycles. The Bertz CT molecular complexity index is 424. The van der Waals surface area contributed by atoms with Gasteiger partial charge in [0.05, 0.1) is 13.2 Å². The number of nitrogens with one attached hydrogen (secondary N) is 2. The Kier molecular flexibility index (Phi) is 6.97. The maximum atomic E-state index is 11.8. The van der Waals surface area contributed by atoms with Crippen LogP contribution in [0.4, 0.5) is 18.9 Å². The molecule has 0 heterocycles. The molecule has 1 amide bonds. The largest absolute Gasteiger partial charge is 0.411 e.